The van der Waals surface area contributed by atoms with Crippen LogP contribution in [0.3, 0.4) is 0 Å². The second kappa shape index (κ2) is 4.89. The highest BCUT2D eigenvalue weighted by molar-refractivity contribution is 6.17. The van der Waals surface area contributed by atoms with Crippen molar-refractivity contribution in [3.05, 3.63) is 30.4 Å². The van der Waals surface area contributed by atoms with E-state index >= 15 is 0 Å². The van der Waals surface area contributed by atoms with Crippen molar-refractivity contribution in [2.24, 2.45) is 0 Å². The molecule has 0 saturated carbocycles. The number of rotatable bonds is 4. The highest BCUT2D eigenvalue weighted by Crippen LogP contribution is 2.16. The van der Waals surface area contributed by atoms with E-state index < -0.39 is 0 Å². The molecule has 0 radical (unpaired) electrons. The van der Waals surface area contributed by atoms with Gasteiger partial charge >= 0.3 is 0 Å². The van der Waals surface area contributed by atoms with E-state index in [1.54, 1.807) is 12.4 Å². The lowest BCUT2D eigenvalue weighted by Gasteiger charge is -1.92. The molecule has 0 N–H and O–H groups in total. The van der Waals surface area contributed by atoms with Crippen LogP contribution in [-0.4, -0.2) is 21.1 Å². The number of pyridine rings is 1. The zero-order valence-electron chi connectivity index (χ0n) is 8.06. The fourth-order valence-electron chi connectivity index (χ4n) is 1.18. The van der Waals surface area contributed by atoms with E-state index in [1.165, 1.54) is 0 Å². The zero-order valence-corrected chi connectivity index (χ0v) is 8.81. The molecule has 0 spiro atoms. The third-order valence-electron chi connectivity index (χ3n) is 1.92. The number of aryl methyl sites for hydroxylation is 1. The molecule has 0 aromatic carbocycles. The summed E-state index contributed by atoms with van der Waals surface area (Å²) >= 11 is 5.58. The Kier molecular flexibility index (Phi) is 3.29. The molecule has 0 atom stereocenters. The zero-order chi connectivity index (χ0) is 10.5. The highest BCUT2D eigenvalue weighted by Gasteiger charge is 2.07. The minimum Gasteiger partial charge on any atom is -0.421 e. The molecule has 5 heteroatoms. The molecule has 15 heavy (non-hydrogen) atoms. The van der Waals surface area contributed by atoms with Gasteiger partial charge in [-0.3, -0.25) is 4.98 Å². The topological polar surface area (TPSA) is 51.8 Å². The first-order chi connectivity index (χ1) is 7.40. The van der Waals surface area contributed by atoms with Crippen LogP contribution in [-0.2, 0) is 6.42 Å². The monoisotopic (exact) mass is 223 g/mol. The number of hydrogen-bond donors (Lipinski definition) is 0. The van der Waals surface area contributed by atoms with Gasteiger partial charge in [-0.1, -0.05) is 0 Å². The third-order valence-corrected chi connectivity index (χ3v) is 2.19. The van der Waals surface area contributed by atoms with E-state index in [9.17, 15) is 0 Å². The maximum Gasteiger partial charge on any atom is 0.247 e. The Morgan fingerprint density at radius 2 is 2.00 bits per heavy atom. The molecule has 78 valence electrons. The van der Waals surface area contributed by atoms with Crippen LogP contribution in [0.15, 0.2) is 28.9 Å². The van der Waals surface area contributed by atoms with Crippen LogP contribution >= 0.6 is 11.6 Å². The summed E-state index contributed by atoms with van der Waals surface area (Å²) in [5.74, 6) is 1.76. The van der Waals surface area contributed by atoms with E-state index in [0.29, 0.717) is 17.7 Å². The molecule has 2 rings (SSSR count). The fourth-order valence-corrected chi connectivity index (χ4v) is 1.32. The smallest absolute Gasteiger partial charge is 0.247 e. The van der Waals surface area contributed by atoms with Crippen LogP contribution in [0.1, 0.15) is 12.3 Å². The molecule has 4 nitrogen and oxygen atoms in total. The Morgan fingerprint density at radius 3 is 2.73 bits per heavy atom. The lowest BCUT2D eigenvalue weighted by Crippen LogP contribution is -1.85. The first-order valence-electron chi connectivity index (χ1n) is 4.69. The first kappa shape index (κ1) is 10.1. The maximum atomic E-state index is 5.58. The standard InChI is InChI=1S/C10H10ClN3O/c11-5-1-2-9-13-14-10(15-9)8-3-6-12-7-4-8/h3-4,6-7H,1-2,5H2. The quantitative estimate of drug-likeness (QED) is 0.747. The Hall–Kier alpha value is -1.42. The van der Waals surface area contributed by atoms with Crippen molar-refractivity contribution in [3.63, 3.8) is 0 Å². The molecule has 2 heterocycles. The van der Waals surface area contributed by atoms with Gasteiger partial charge in [0.15, 0.2) is 0 Å². The van der Waals surface area contributed by atoms with Gasteiger partial charge in [-0.25, -0.2) is 0 Å². The molecule has 2 aromatic rings. The van der Waals surface area contributed by atoms with Gasteiger partial charge in [0.05, 0.1) is 0 Å². The lowest BCUT2D eigenvalue weighted by molar-refractivity contribution is 0.502. The minimum absolute atomic E-state index is 0.530. The van der Waals surface area contributed by atoms with Gasteiger partial charge in [0.1, 0.15) is 0 Å². The second-order valence-electron chi connectivity index (χ2n) is 3.03. The van der Waals surface area contributed by atoms with E-state index in [2.05, 4.69) is 15.2 Å². The van der Waals surface area contributed by atoms with Crippen molar-refractivity contribution < 1.29 is 4.42 Å². The molecule has 0 fully saturated rings. The lowest BCUT2D eigenvalue weighted by atomic mass is 10.3. The molecular weight excluding hydrogens is 214 g/mol. The van der Waals surface area contributed by atoms with Gasteiger partial charge in [0.2, 0.25) is 11.8 Å². The van der Waals surface area contributed by atoms with E-state index in [4.69, 9.17) is 16.0 Å². The van der Waals surface area contributed by atoms with Crippen LogP contribution in [0.2, 0.25) is 0 Å². The molecule has 0 aliphatic rings. The van der Waals surface area contributed by atoms with E-state index in [0.717, 1.165) is 18.4 Å². The molecule has 0 bridgehead atoms. The molecule has 0 aliphatic carbocycles. The Morgan fingerprint density at radius 1 is 1.20 bits per heavy atom. The summed E-state index contributed by atoms with van der Waals surface area (Å²) in [7, 11) is 0. The van der Waals surface area contributed by atoms with Gasteiger partial charge in [0, 0.05) is 30.3 Å². The van der Waals surface area contributed by atoms with Crippen molar-refractivity contribution in [3.8, 4) is 11.5 Å². The Balaban J connectivity index is 2.14. The van der Waals surface area contributed by atoms with Crippen molar-refractivity contribution in [2.45, 2.75) is 12.8 Å². The summed E-state index contributed by atoms with van der Waals surface area (Å²) < 4.78 is 5.46. The average Bonchev–Trinajstić information content (AvgIpc) is 2.76. The molecular formula is C10H10ClN3O. The summed E-state index contributed by atoms with van der Waals surface area (Å²) in [6.45, 7) is 0. The minimum atomic E-state index is 0.530. The molecule has 2 aromatic heterocycles. The summed E-state index contributed by atoms with van der Waals surface area (Å²) in [4.78, 5) is 3.92. The van der Waals surface area contributed by atoms with Crippen molar-refractivity contribution >= 4 is 11.6 Å². The van der Waals surface area contributed by atoms with Crippen molar-refractivity contribution in [1.29, 1.82) is 0 Å². The number of aromatic nitrogens is 3. The second-order valence-corrected chi connectivity index (χ2v) is 3.41. The normalized spacial score (nSPS) is 10.5. The van der Waals surface area contributed by atoms with E-state index in [-0.39, 0.29) is 0 Å². The van der Waals surface area contributed by atoms with Crippen LogP contribution in [0, 0.1) is 0 Å². The molecule has 0 aliphatic heterocycles. The van der Waals surface area contributed by atoms with Gasteiger partial charge < -0.3 is 4.42 Å². The number of nitrogens with zero attached hydrogens (tertiary/aromatic N) is 3. The van der Waals surface area contributed by atoms with Crippen LogP contribution in [0.4, 0.5) is 0 Å². The van der Waals surface area contributed by atoms with Gasteiger partial charge in [-0.15, -0.1) is 21.8 Å². The first-order valence-corrected chi connectivity index (χ1v) is 5.22. The Labute approximate surface area is 92.3 Å². The summed E-state index contributed by atoms with van der Waals surface area (Å²) in [6, 6.07) is 3.66. The van der Waals surface area contributed by atoms with Gasteiger partial charge in [0.25, 0.3) is 0 Å². The third kappa shape index (κ3) is 2.53. The van der Waals surface area contributed by atoms with Gasteiger partial charge in [-0.2, -0.15) is 0 Å². The SMILES string of the molecule is ClCCCc1nnc(-c2ccncc2)o1. The van der Waals surface area contributed by atoms with Crippen LogP contribution in [0.25, 0.3) is 11.5 Å². The highest BCUT2D eigenvalue weighted by atomic mass is 35.5. The predicted molar refractivity (Wildman–Crippen MR) is 56.6 cm³/mol. The number of hydrogen-bond acceptors (Lipinski definition) is 4. The number of halogens is 1. The summed E-state index contributed by atoms with van der Waals surface area (Å²) in [6.07, 6.45) is 4.96. The van der Waals surface area contributed by atoms with E-state index in [1.807, 2.05) is 12.1 Å². The van der Waals surface area contributed by atoms with Crippen molar-refractivity contribution in [1.82, 2.24) is 15.2 Å². The summed E-state index contributed by atoms with van der Waals surface area (Å²) in [5.41, 5.74) is 0.884. The maximum absolute atomic E-state index is 5.58. The molecule has 0 unspecified atom stereocenters. The number of alkyl halides is 1. The molecule has 0 saturated heterocycles. The predicted octanol–water partition coefficient (Wildman–Crippen LogP) is 2.30. The fraction of sp³-hybridized carbons (Fsp3) is 0.300. The average molecular weight is 224 g/mol. The van der Waals surface area contributed by atoms with Crippen molar-refractivity contribution in [2.75, 3.05) is 5.88 Å². The largest absolute Gasteiger partial charge is 0.421 e. The van der Waals surface area contributed by atoms with Crippen LogP contribution in [0.5, 0.6) is 0 Å². The van der Waals surface area contributed by atoms with Gasteiger partial charge in [-0.05, 0) is 18.6 Å². The Bertz CT molecular complexity index is 416. The summed E-state index contributed by atoms with van der Waals surface area (Å²) in [5, 5.41) is 7.89. The molecule has 0 amide bonds. The van der Waals surface area contributed by atoms with Crippen LogP contribution < -0.4 is 0 Å².